The van der Waals surface area contributed by atoms with E-state index in [-0.39, 0.29) is 18.5 Å². The molecule has 7 heteroatoms. The quantitative estimate of drug-likeness (QED) is 0.685. The fraction of sp³-hybridized carbons (Fsp3) is 0.400. The summed E-state index contributed by atoms with van der Waals surface area (Å²) >= 11 is 0. The summed E-state index contributed by atoms with van der Waals surface area (Å²) in [4.78, 5) is 36.1. The summed E-state index contributed by atoms with van der Waals surface area (Å²) in [5, 5.41) is 12.0. The van der Waals surface area contributed by atoms with E-state index in [1.54, 1.807) is 24.3 Å². The summed E-state index contributed by atoms with van der Waals surface area (Å²) in [6.45, 7) is 1.41. The van der Waals surface area contributed by atoms with Crippen LogP contribution in [0.3, 0.4) is 0 Å². The zero-order valence-electron chi connectivity index (χ0n) is 12.3. The number of benzene rings is 1. The Morgan fingerprint density at radius 3 is 2.55 bits per heavy atom. The predicted octanol–water partition coefficient (Wildman–Crippen LogP) is 0.661. The van der Waals surface area contributed by atoms with Gasteiger partial charge in [-0.2, -0.15) is 0 Å². The SMILES string of the molecule is CC(C(=O)O)N(C(=O)CNc1ccccc1C(N)=O)C1CC1. The number of primary amides is 1. The highest BCUT2D eigenvalue weighted by Crippen LogP contribution is 2.29. The van der Waals surface area contributed by atoms with Crippen molar-refractivity contribution in [2.75, 3.05) is 11.9 Å². The molecule has 1 aliphatic carbocycles. The molecule has 2 amide bonds. The molecule has 0 saturated heterocycles. The van der Waals surface area contributed by atoms with E-state index in [0.29, 0.717) is 11.3 Å². The van der Waals surface area contributed by atoms with Crippen molar-refractivity contribution in [3.63, 3.8) is 0 Å². The number of amides is 2. The minimum atomic E-state index is -1.03. The van der Waals surface area contributed by atoms with Crippen LogP contribution in [0.15, 0.2) is 24.3 Å². The number of hydrogen-bond acceptors (Lipinski definition) is 4. The molecule has 7 nitrogen and oxygen atoms in total. The van der Waals surface area contributed by atoms with Crippen molar-refractivity contribution in [3.8, 4) is 0 Å². The van der Waals surface area contributed by atoms with Gasteiger partial charge in [-0.1, -0.05) is 12.1 Å². The van der Waals surface area contributed by atoms with Gasteiger partial charge in [0, 0.05) is 11.7 Å². The number of aliphatic carboxylic acids is 1. The molecule has 2 rings (SSSR count). The number of carboxylic acids is 1. The number of hydrogen-bond donors (Lipinski definition) is 3. The van der Waals surface area contributed by atoms with Crippen LogP contribution in [0.1, 0.15) is 30.1 Å². The minimum Gasteiger partial charge on any atom is -0.480 e. The van der Waals surface area contributed by atoms with Crippen LogP contribution < -0.4 is 11.1 Å². The molecule has 1 unspecified atom stereocenters. The second kappa shape index (κ2) is 6.46. The second-order valence-corrected chi connectivity index (χ2v) is 5.31. The van der Waals surface area contributed by atoms with Crippen molar-refractivity contribution >= 4 is 23.5 Å². The van der Waals surface area contributed by atoms with Gasteiger partial charge in [0.05, 0.1) is 12.1 Å². The van der Waals surface area contributed by atoms with Crippen molar-refractivity contribution in [3.05, 3.63) is 29.8 Å². The van der Waals surface area contributed by atoms with E-state index < -0.39 is 17.9 Å². The van der Waals surface area contributed by atoms with Gasteiger partial charge < -0.3 is 21.1 Å². The van der Waals surface area contributed by atoms with Gasteiger partial charge in [0.1, 0.15) is 6.04 Å². The van der Waals surface area contributed by atoms with Crippen LogP contribution in [-0.4, -0.2) is 46.4 Å². The monoisotopic (exact) mass is 305 g/mol. The third-order valence-electron chi connectivity index (χ3n) is 3.63. The van der Waals surface area contributed by atoms with Gasteiger partial charge in [-0.25, -0.2) is 4.79 Å². The van der Waals surface area contributed by atoms with Crippen molar-refractivity contribution in [1.82, 2.24) is 4.90 Å². The summed E-state index contributed by atoms with van der Waals surface area (Å²) in [5.74, 6) is -1.93. The maximum Gasteiger partial charge on any atom is 0.326 e. The number of para-hydroxylation sites is 1. The molecule has 0 aromatic heterocycles. The lowest BCUT2D eigenvalue weighted by molar-refractivity contribution is -0.149. The van der Waals surface area contributed by atoms with Crippen LogP contribution in [0.4, 0.5) is 5.69 Å². The molecular weight excluding hydrogens is 286 g/mol. The molecular formula is C15H19N3O4. The highest BCUT2D eigenvalue weighted by atomic mass is 16.4. The second-order valence-electron chi connectivity index (χ2n) is 5.31. The summed E-state index contributed by atoms with van der Waals surface area (Å²) < 4.78 is 0. The van der Waals surface area contributed by atoms with E-state index in [4.69, 9.17) is 10.8 Å². The lowest BCUT2D eigenvalue weighted by Gasteiger charge is -2.26. The first-order valence-corrected chi connectivity index (χ1v) is 7.08. The highest BCUT2D eigenvalue weighted by Gasteiger charge is 2.38. The fourth-order valence-electron chi connectivity index (χ4n) is 2.32. The number of rotatable bonds is 7. The molecule has 22 heavy (non-hydrogen) atoms. The molecule has 1 saturated carbocycles. The predicted molar refractivity (Wildman–Crippen MR) is 80.4 cm³/mol. The van der Waals surface area contributed by atoms with E-state index in [0.717, 1.165) is 12.8 Å². The maximum atomic E-state index is 12.3. The van der Waals surface area contributed by atoms with Crippen LogP contribution in [0.2, 0.25) is 0 Å². The van der Waals surface area contributed by atoms with Crippen molar-refractivity contribution < 1.29 is 19.5 Å². The summed E-state index contributed by atoms with van der Waals surface area (Å²) in [7, 11) is 0. The highest BCUT2D eigenvalue weighted by molar-refractivity contribution is 5.99. The molecule has 0 radical (unpaired) electrons. The number of nitrogens with one attached hydrogen (secondary N) is 1. The van der Waals surface area contributed by atoms with E-state index in [1.165, 1.54) is 11.8 Å². The van der Waals surface area contributed by atoms with E-state index in [2.05, 4.69) is 5.32 Å². The zero-order valence-corrected chi connectivity index (χ0v) is 12.3. The number of carbonyl (C=O) groups excluding carboxylic acids is 2. The molecule has 1 fully saturated rings. The number of carbonyl (C=O) groups is 3. The Morgan fingerprint density at radius 1 is 1.36 bits per heavy atom. The molecule has 1 aliphatic rings. The Hall–Kier alpha value is -2.57. The van der Waals surface area contributed by atoms with Gasteiger partial charge >= 0.3 is 5.97 Å². The number of nitrogens with two attached hydrogens (primary N) is 1. The van der Waals surface area contributed by atoms with Crippen molar-refractivity contribution in [2.45, 2.75) is 31.8 Å². The van der Waals surface area contributed by atoms with Crippen LogP contribution in [-0.2, 0) is 9.59 Å². The van der Waals surface area contributed by atoms with Gasteiger partial charge in [0.15, 0.2) is 0 Å². The third kappa shape index (κ3) is 3.55. The number of nitrogens with zero attached hydrogens (tertiary/aromatic N) is 1. The van der Waals surface area contributed by atoms with Gasteiger partial charge in [0.2, 0.25) is 5.91 Å². The molecule has 1 aromatic rings. The van der Waals surface area contributed by atoms with Gasteiger partial charge in [0.25, 0.3) is 5.91 Å². The zero-order chi connectivity index (χ0) is 16.3. The summed E-state index contributed by atoms with van der Waals surface area (Å²) in [6.07, 6.45) is 1.64. The average Bonchev–Trinajstić information content (AvgIpc) is 3.30. The Balaban J connectivity index is 2.05. The topological polar surface area (TPSA) is 113 Å². The lowest BCUT2D eigenvalue weighted by Crippen LogP contribution is -2.47. The van der Waals surface area contributed by atoms with E-state index in [9.17, 15) is 14.4 Å². The van der Waals surface area contributed by atoms with Crippen LogP contribution >= 0.6 is 0 Å². The molecule has 118 valence electrons. The fourth-order valence-corrected chi connectivity index (χ4v) is 2.32. The van der Waals surface area contributed by atoms with E-state index in [1.807, 2.05) is 0 Å². The standard InChI is InChI=1S/C15H19N3O4/c1-9(15(21)22)18(10-6-7-10)13(19)8-17-12-5-3-2-4-11(12)14(16)20/h2-5,9-10,17H,6-8H2,1H3,(H2,16,20)(H,21,22). The molecule has 4 N–H and O–H groups in total. The molecule has 1 aromatic carbocycles. The Kier molecular flexibility index (Phi) is 4.65. The summed E-state index contributed by atoms with van der Waals surface area (Å²) in [5.41, 5.74) is 6.03. The Morgan fingerprint density at radius 2 is 2.00 bits per heavy atom. The first-order chi connectivity index (χ1) is 10.4. The van der Waals surface area contributed by atoms with Gasteiger partial charge in [-0.05, 0) is 31.9 Å². The Labute approximate surface area is 128 Å². The number of carboxylic acid groups (broad SMARTS) is 1. The van der Waals surface area contributed by atoms with Gasteiger partial charge in [-0.3, -0.25) is 9.59 Å². The van der Waals surface area contributed by atoms with Crippen LogP contribution in [0.25, 0.3) is 0 Å². The molecule has 0 aliphatic heterocycles. The first kappa shape index (κ1) is 15.8. The largest absolute Gasteiger partial charge is 0.480 e. The molecule has 1 atom stereocenters. The molecule has 0 spiro atoms. The van der Waals surface area contributed by atoms with Crippen molar-refractivity contribution in [1.29, 1.82) is 0 Å². The van der Waals surface area contributed by atoms with Crippen LogP contribution in [0, 0.1) is 0 Å². The third-order valence-corrected chi connectivity index (χ3v) is 3.63. The smallest absolute Gasteiger partial charge is 0.326 e. The average molecular weight is 305 g/mol. The lowest BCUT2D eigenvalue weighted by atomic mass is 10.1. The molecule has 0 heterocycles. The van der Waals surface area contributed by atoms with Gasteiger partial charge in [-0.15, -0.1) is 0 Å². The maximum absolute atomic E-state index is 12.3. The molecule has 0 bridgehead atoms. The van der Waals surface area contributed by atoms with Crippen LogP contribution in [0.5, 0.6) is 0 Å². The Bertz CT molecular complexity index is 598. The van der Waals surface area contributed by atoms with E-state index >= 15 is 0 Å². The summed E-state index contributed by atoms with van der Waals surface area (Å²) in [6, 6.07) is 5.73. The van der Waals surface area contributed by atoms with Crippen molar-refractivity contribution in [2.24, 2.45) is 5.73 Å². The number of anilines is 1. The minimum absolute atomic E-state index is 0.00761. The first-order valence-electron chi connectivity index (χ1n) is 7.08. The normalized spacial score (nSPS) is 15.0.